The average molecular weight is 314 g/mol. The number of likely N-dealkylation sites (tertiary alicyclic amines) is 1. The third-order valence-electron chi connectivity index (χ3n) is 5.00. The van der Waals surface area contributed by atoms with Gasteiger partial charge in [-0.05, 0) is 45.1 Å². The van der Waals surface area contributed by atoms with Gasteiger partial charge in [0.05, 0.1) is 6.54 Å². The van der Waals surface area contributed by atoms with Gasteiger partial charge in [-0.3, -0.25) is 4.90 Å². The van der Waals surface area contributed by atoms with E-state index in [4.69, 9.17) is 10.1 Å². The van der Waals surface area contributed by atoms with E-state index in [1.807, 2.05) is 11.4 Å². The molecule has 2 saturated heterocycles. The number of nitrogens with zero attached hydrogens (tertiary/aromatic N) is 6. The van der Waals surface area contributed by atoms with Crippen LogP contribution in [0.2, 0.25) is 0 Å². The minimum Gasteiger partial charge on any atom is -0.356 e. The summed E-state index contributed by atoms with van der Waals surface area (Å²) in [5.74, 6) is 3.57. The Morgan fingerprint density at radius 1 is 1.13 bits per heavy atom. The van der Waals surface area contributed by atoms with Gasteiger partial charge in [-0.1, -0.05) is 6.92 Å². The average Bonchev–Trinajstić information content (AvgIpc) is 3.15. The van der Waals surface area contributed by atoms with Crippen molar-refractivity contribution in [1.82, 2.24) is 24.5 Å². The van der Waals surface area contributed by atoms with Crippen LogP contribution in [0.4, 0.5) is 5.82 Å². The van der Waals surface area contributed by atoms with Crippen molar-refractivity contribution >= 4 is 11.6 Å². The predicted molar refractivity (Wildman–Crippen MR) is 90.6 cm³/mol. The molecule has 0 N–H and O–H groups in total. The van der Waals surface area contributed by atoms with E-state index in [1.54, 1.807) is 0 Å². The van der Waals surface area contributed by atoms with E-state index in [1.165, 1.54) is 25.7 Å². The largest absolute Gasteiger partial charge is 0.356 e. The maximum absolute atomic E-state index is 4.78. The molecule has 6 heteroatoms. The third kappa shape index (κ3) is 3.04. The summed E-state index contributed by atoms with van der Waals surface area (Å²) in [6.07, 6.45) is 5.14. The molecule has 23 heavy (non-hydrogen) atoms. The van der Waals surface area contributed by atoms with Crippen molar-refractivity contribution < 1.29 is 0 Å². The Morgan fingerprint density at radius 2 is 1.96 bits per heavy atom. The minimum atomic E-state index is 0.743. The van der Waals surface area contributed by atoms with Gasteiger partial charge in [-0.2, -0.15) is 9.50 Å². The molecule has 0 bridgehead atoms. The van der Waals surface area contributed by atoms with E-state index < -0.39 is 0 Å². The smallest absolute Gasteiger partial charge is 0.254 e. The van der Waals surface area contributed by atoms with Crippen molar-refractivity contribution in [2.24, 2.45) is 5.92 Å². The fraction of sp³-hybridized carbons (Fsp3) is 0.706. The van der Waals surface area contributed by atoms with Crippen LogP contribution in [0.3, 0.4) is 0 Å². The van der Waals surface area contributed by atoms with Gasteiger partial charge in [-0.15, -0.1) is 5.10 Å². The summed E-state index contributed by atoms with van der Waals surface area (Å²) in [6, 6.07) is 2.14. The fourth-order valence-electron chi connectivity index (χ4n) is 3.88. The lowest BCUT2D eigenvalue weighted by molar-refractivity contribution is 0.173. The van der Waals surface area contributed by atoms with E-state index >= 15 is 0 Å². The van der Waals surface area contributed by atoms with Crippen LogP contribution in [-0.2, 0) is 6.54 Å². The summed E-state index contributed by atoms with van der Waals surface area (Å²) >= 11 is 0. The summed E-state index contributed by atoms with van der Waals surface area (Å²) in [4.78, 5) is 14.2. The highest BCUT2D eigenvalue weighted by molar-refractivity contribution is 5.48. The molecule has 0 amide bonds. The van der Waals surface area contributed by atoms with Gasteiger partial charge in [0.1, 0.15) is 5.82 Å². The molecule has 1 atom stereocenters. The minimum absolute atomic E-state index is 0.743. The van der Waals surface area contributed by atoms with Gasteiger partial charge in [0, 0.05) is 31.4 Å². The van der Waals surface area contributed by atoms with Crippen LogP contribution in [0.1, 0.15) is 44.1 Å². The number of aromatic nitrogens is 4. The molecule has 0 unspecified atom stereocenters. The number of piperidine rings is 1. The first kappa shape index (κ1) is 14.9. The molecule has 4 rings (SSSR count). The Kier molecular flexibility index (Phi) is 3.93. The monoisotopic (exact) mass is 314 g/mol. The predicted octanol–water partition coefficient (Wildman–Crippen LogP) is 2.26. The van der Waals surface area contributed by atoms with E-state index in [-0.39, 0.29) is 0 Å². The van der Waals surface area contributed by atoms with E-state index in [0.717, 1.165) is 61.8 Å². The third-order valence-corrected chi connectivity index (χ3v) is 5.00. The van der Waals surface area contributed by atoms with Crippen LogP contribution in [0, 0.1) is 12.8 Å². The second-order valence-corrected chi connectivity index (χ2v) is 7.17. The van der Waals surface area contributed by atoms with E-state index in [9.17, 15) is 0 Å². The zero-order valence-electron chi connectivity index (χ0n) is 14.2. The second-order valence-electron chi connectivity index (χ2n) is 7.17. The second kappa shape index (κ2) is 6.07. The summed E-state index contributed by atoms with van der Waals surface area (Å²) < 4.78 is 1.95. The summed E-state index contributed by atoms with van der Waals surface area (Å²) in [5, 5.41) is 4.78. The number of hydrogen-bond acceptors (Lipinski definition) is 5. The van der Waals surface area contributed by atoms with Gasteiger partial charge in [0.15, 0.2) is 5.82 Å². The molecule has 0 aromatic carbocycles. The van der Waals surface area contributed by atoms with Gasteiger partial charge in [-0.25, -0.2) is 4.98 Å². The molecule has 4 heterocycles. The van der Waals surface area contributed by atoms with Crippen molar-refractivity contribution in [1.29, 1.82) is 0 Å². The maximum atomic E-state index is 4.78. The van der Waals surface area contributed by atoms with Gasteiger partial charge >= 0.3 is 0 Å². The number of hydrogen-bond donors (Lipinski definition) is 0. The Balaban J connectivity index is 1.63. The molecule has 2 aliphatic heterocycles. The zero-order chi connectivity index (χ0) is 15.8. The maximum Gasteiger partial charge on any atom is 0.254 e. The van der Waals surface area contributed by atoms with Crippen molar-refractivity contribution in [3.63, 3.8) is 0 Å². The molecule has 0 saturated carbocycles. The summed E-state index contributed by atoms with van der Waals surface area (Å²) in [7, 11) is 0. The first-order valence-corrected chi connectivity index (χ1v) is 8.89. The highest BCUT2D eigenvalue weighted by Crippen LogP contribution is 2.22. The molecule has 2 aliphatic rings. The zero-order valence-corrected chi connectivity index (χ0v) is 14.2. The Morgan fingerprint density at radius 3 is 2.74 bits per heavy atom. The van der Waals surface area contributed by atoms with Crippen LogP contribution in [0.25, 0.3) is 5.78 Å². The quantitative estimate of drug-likeness (QED) is 0.870. The Bertz CT molecular complexity index is 688. The van der Waals surface area contributed by atoms with Crippen LogP contribution in [0.15, 0.2) is 6.07 Å². The fourth-order valence-corrected chi connectivity index (χ4v) is 3.88. The molecule has 6 nitrogen and oxygen atoms in total. The van der Waals surface area contributed by atoms with Crippen molar-refractivity contribution in [2.75, 3.05) is 31.1 Å². The number of fused-ring (bicyclic) bond motifs is 1. The standard InChI is InChI=1S/C17H26N6/c1-13-6-5-7-21(11-13)12-15-19-17-18-14(2)10-16(23(17)20-15)22-8-3-4-9-22/h10,13H,3-9,11-12H2,1-2H3/t13-/m0/s1. The first-order valence-electron chi connectivity index (χ1n) is 8.89. The Labute approximate surface area is 137 Å². The normalized spacial score (nSPS) is 23.0. The van der Waals surface area contributed by atoms with E-state index in [0.29, 0.717) is 0 Å². The molecule has 0 spiro atoms. The van der Waals surface area contributed by atoms with Gasteiger partial charge in [0.2, 0.25) is 0 Å². The molecule has 2 fully saturated rings. The summed E-state index contributed by atoms with van der Waals surface area (Å²) in [5.41, 5.74) is 1.02. The molecule has 2 aromatic heterocycles. The van der Waals surface area contributed by atoms with Crippen molar-refractivity contribution in [3.8, 4) is 0 Å². The lowest BCUT2D eigenvalue weighted by atomic mass is 10.0. The number of rotatable bonds is 3. The lowest BCUT2D eigenvalue weighted by Crippen LogP contribution is -2.34. The van der Waals surface area contributed by atoms with Crippen molar-refractivity contribution in [2.45, 2.75) is 46.1 Å². The highest BCUT2D eigenvalue weighted by Gasteiger charge is 2.21. The summed E-state index contributed by atoms with van der Waals surface area (Å²) in [6.45, 7) is 9.74. The molecular weight excluding hydrogens is 288 g/mol. The molecule has 124 valence electrons. The SMILES string of the molecule is Cc1cc(N2CCCC2)n2nc(CN3CCC[C@H](C)C3)nc2n1. The first-order chi connectivity index (χ1) is 11.2. The number of aryl methyl sites for hydroxylation is 1. The number of anilines is 1. The van der Waals surface area contributed by atoms with Crippen LogP contribution >= 0.6 is 0 Å². The van der Waals surface area contributed by atoms with Crippen LogP contribution in [0.5, 0.6) is 0 Å². The van der Waals surface area contributed by atoms with E-state index in [2.05, 4.69) is 27.8 Å². The molecule has 0 aliphatic carbocycles. The van der Waals surface area contributed by atoms with Gasteiger partial charge < -0.3 is 4.90 Å². The van der Waals surface area contributed by atoms with Crippen molar-refractivity contribution in [3.05, 3.63) is 17.6 Å². The van der Waals surface area contributed by atoms with Crippen LogP contribution < -0.4 is 4.90 Å². The topological polar surface area (TPSA) is 49.6 Å². The highest BCUT2D eigenvalue weighted by atomic mass is 15.4. The molecule has 0 radical (unpaired) electrons. The molecular formula is C17H26N6. The molecule has 2 aromatic rings. The lowest BCUT2D eigenvalue weighted by Gasteiger charge is -2.29. The van der Waals surface area contributed by atoms with Crippen LogP contribution in [-0.4, -0.2) is 50.7 Å². The Hall–Kier alpha value is -1.69. The van der Waals surface area contributed by atoms with Gasteiger partial charge in [0.25, 0.3) is 5.78 Å².